The molecule has 0 aliphatic heterocycles. The fourth-order valence-electron chi connectivity index (χ4n) is 0. The van der Waals surface area contributed by atoms with E-state index < -0.39 is 0 Å². The zero-order valence-corrected chi connectivity index (χ0v) is 5.13. The van der Waals surface area contributed by atoms with Crippen molar-refractivity contribution in [2.45, 2.75) is 0 Å². The Labute approximate surface area is 64.5 Å². The molecule has 0 amide bonds. The van der Waals surface area contributed by atoms with Crippen molar-refractivity contribution in [3.8, 4) is 0 Å². The maximum absolute atomic E-state index is 0. The van der Waals surface area contributed by atoms with Crippen LogP contribution in [0, 0.1) is 0 Å². The third-order valence-corrected chi connectivity index (χ3v) is 0. The Balaban J connectivity index is 0. The first-order chi connectivity index (χ1) is 0. The van der Waals surface area contributed by atoms with Gasteiger partial charge in [-0.2, -0.15) is 0 Å². The van der Waals surface area contributed by atoms with Crippen molar-refractivity contribution in [2.24, 2.45) is 0 Å². The van der Waals surface area contributed by atoms with E-state index in [9.17, 15) is 0 Å². The summed E-state index contributed by atoms with van der Waals surface area (Å²) in [6.07, 6.45) is 0. The van der Waals surface area contributed by atoms with Gasteiger partial charge in [-0.05, 0) is 11.0 Å². The van der Waals surface area contributed by atoms with Crippen molar-refractivity contribution in [3.63, 3.8) is 0 Å². The molecule has 4 heteroatoms. The third kappa shape index (κ3) is 9.09. The second kappa shape index (κ2) is 20.7. The molecule has 0 spiro atoms. The summed E-state index contributed by atoms with van der Waals surface area (Å²) in [6.45, 7) is 0. The van der Waals surface area contributed by atoms with Gasteiger partial charge in [-0.1, -0.05) is 0 Å². The minimum absolute atomic E-state index is 0. The van der Waals surface area contributed by atoms with Gasteiger partial charge in [-0.25, -0.2) is 0 Å². The van der Waals surface area contributed by atoms with E-state index in [0.29, 0.717) is 0 Å². The molecule has 0 rings (SSSR count). The van der Waals surface area contributed by atoms with Gasteiger partial charge >= 0.3 is 0 Å². The van der Waals surface area contributed by atoms with E-state index in [2.05, 4.69) is 0 Å². The third-order valence-electron chi connectivity index (χ3n) is 0. The van der Waals surface area contributed by atoms with Crippen molar-refractivity contribution in [1.29, 1.82) is 0 Å². The van der Waals surface area contributed by atoms with E-state index in [4.69, 9.17) is 0 Å². The Kier molecular flexibility index (Phi) is 204. The molecule has 0 heterocycles. The summed E-state index contributed by atoms with van der Waals surface area (Å²) in [4.78, 5) is 0. The molecule has 0 aromatic rings. The van der Waals surface area contributed by atoms with Crippen LogP contribution in [0.2, 0.25) is 0 Å². The molecule has 0 N–H and O–H groups in total. The van der Waals surface area contributed by atoms with Crippen LogP contribution >= 0.6 is 0 Å². The van der Waals surface area contributed by atoms with E-state index in [1.165, 1.54) is 0 Å². The van der Waals surface area contributed by atoms with Crippen LogP contribution in [0.15, 0.2) is 0 Å². The SMILES string of the molecule is [AlH3].[Fe].[SiH4].[Zn]. The van der Waals surface area contributed by atoms with Crippen LogP contribution in [-0.2, 0) is 36.5 Å². The summed E-state index contributed by atoms with van der Waals surface area (Å²) in [5.74, 6) is 0. The van der Waals surface area contributed by atoms with Crippen LogP contribution < -0.4 is 0 Å². The fourth-order valence-corrected chi connectivity index (χ4v) is 0. The molecule has 24 valence electrons. The number of hydrogen-bond acceptors (Lipinski definition) is 0. The smallest absolute Gasteiger partial charge is 0.0149 e. The Hall–Kier alpha value is 1.89. The molecular formula is H7AlFeSiZn. The molecule has 0 fully saturated rings. The average molecular weight is 183 g/mol. The zero-order valence-electron chi connectivity index (χ0n) is 1.06. The van der Waals surface area contributed by atoms with E-state index >= 15 is 0 Å². The van der Waals surface area contributed by atoms with Crippen molar-refractivity contribution >= 4 is 28.3 Å². The summed E-state index contributed by atoms with van der Waals surface area (Å²) in [7, 11) is 0. The Bertz CT molecular complexity index is 8.00. The van der Waals surface area contributed by atoms with Gasteiger partial charge in [0.2, 0.25) is 0 Å². The minimum atomic E-state index is 0. The predicted octanol–water partition coefficient (Wildman–Crippen LogP) is -2.64. The molecular weight excluding hydrogens is 176 g/mol. The van der Waals surface area contributed by atoms with Gasteiger partial charge in [0, 0.05) is 36.5 Å². The van der Waals surface area contributed by atoms with Gasteiger partial charge < -0.3 is 0 Å². The number of hydrogen-bond donors (Lipinski definition) is 0. The normalized spacial score (nSPS) is 0. The van der Waals surface area contributed by atoms with Crippen molar-refractivity contribution in [2.75, 3.05) is 0 Å². The minimum Gasteiger partial charge on any atom is -0.0149 e. The first-order valence-corrected chi connectivity index (χ1v) is 0. The van der Waals surface area contributed by atoms with Gasteiger partial charge in [0.05, 0.1) is 0 Å². The fraction of sp³-hybridized carbons (Fsp3) is 0. The second-order valence-corrected chi connectivity index (χ2v) is 0. The zero-order chi connectivity index (χ0) is 0. The Morgan fingerprint density at radius 2 is 1.00 bits per heavy atom. The van der Waals surface area contributed by atoms with Crippen LogP contribution in [0.4, 0.5) is 0 Å². The molecule has 0 aliphatic rings. The van der Waals surface area contributed by atoms with E-state index in [1.807, 2.05) is 0 Å². The van der Waals surface area contributed by atoms with Crippen LogP contribution in [0.3, 0.4) is 0 Å². The van der Waals surface area contributed by atoms with Crippen LogP contribution in [-0.4, -0.2) is 28.3 Å². The van der Waals surface area contributed by atoms with Crippen molar-refractivity contribution < 1.29 is 36.5 Å². The second-order valence-electron chi connectivity index (χ2n) is 0. The monoisotopic (exact) mass is 182 g/mol. The summed E-state index contributed by atoms with van der Waals surface area (Å²) in [5, 5.41) is 0. The Morgan fingerprint density at radius 1 is 1.00 bits per heavy atom. The maximum atomic E-state index is 0. The molecule has 0 radical (unpaired) electrons. The first kappa shape index (κ1) is 39.4. The summed E-state index contributed by atoms with van der Waals surface area (Å²) in [5.41, 5.74) is 0. The van der Waals surface area contributed by atoms with Gasteiger partial charge in [0.15, 0.2) is 17.4 Å². The largest absolute Gasteiger partial charge is 0.187 e. The quantitative estimate of drug-likeness (QED) is 0.360. The molecule has 0 saturated carbocycles. The van der Waals surface area contributed by atoms with E-state index in [-0.39, 0.29) is 64.9 Å². The topological polar surface area (TPSA) is 0 Å². The molecule has 0 saturated heterocycles. The molecule has 0 aromatic carbocycles. The van der Waals surface area contributed by atoms with Gasteiger partial charge in [-0.15, -0.1) is 0 Å². The maximum Gasteiger partial charge on any atom is 0.187 e. The molecule has 4 heavy (non-hydrogen) atoms. The Morgan fingerprint density at radius 3 is 1.00 bits per heavy atom. The van der Waals surface area contributed by atoms with E-state index in [0.717, 1.165) is 0 Å². The molecule has 0 atom stereocenters. The van der Waals surface area contributed by atoms with Crippen molar-refractivity contribution in [1.82, 2.24) is 0 Å². The molecule has 0 unspecified atom stereocenters. The first-order valence-electron chi connectivity index (χ1n) is 0. The summed E-state index contributed by atoms with van der Waals surface area (Å²) in [6, 6.07) is 0. The van der Waals surface area contributed by atoms with E-state index in [1.54, 1.807) is 0 Å². The van der Waals surface area contributed by atoms with Crippen molar-refractivity contribution in [3.05, 3.63) is 0 Å². The molecule has 0 aliphatic carbocycles. The predicted molar refractivity (Wildman–Crippen MR) is 21.3 cm³/mol. The van der Waals surface area contributed by atoms with Gasteiger partial charge in [-0.3, -0.25) is 0 Å². The number of rotatable bonds is 0. The van der Waals surface area contributed by atoms with Crippen LogP contribution in [0.1, 0.15) is 0 Å². The standard InChI is InChI=1S/Al.Fe.H4Si.Zn.3H/h;;1H4;;;;. The van der Waals surface area contributed by atoms with Gasteiger partial charge in [0.1, 0.15) is 0 Å². The summed E-state index contributed by atoms with van der Waals surface area (Å²) >= 11 is 0. The van der Waals surface area contributed by atoms with Gasteiger partial charge in [0.25, 0.3) is 0 Å². The molecule has 0 aromatic heterocycles. The molecule has 0 bridgehead atoms. The average Bonchev–Trinajstić information content (AvgIpc) is 0. The summed E-state index contributed by atoms with van der Waals surface area (Å²) < 4.78 is 0. The molecule has 0 nitrogen and oxygen atoms in total. The van der Waals surface area contributed by atoms with Crippen LogP contribution in [0.5, 0.6) is 0 Å². The van der Waals surface area contributed by atoms with Crippen LogP contribution in [0.25, 0.3) is 0 Å².